The molecule has 0 bridgehead atoms. The van der Waals surface area contributed by atoms with Gasteiger partial charge in [0.25, 0.3) is 0 Å². The lowest BCUT2D eigenvalue weighted by atomic mass is 9.80. The van der Waals surface area contributed by atoms with Gasteiger partial charge >= 0.3 is 0 Å². The van der Waals surface area contributed by atoms with Crippen LogP contribution in [0.15, 0.2) is 0 Å². The molecule has 0 spiro atoms. The summed E-state index contributed by atoms with van der Waals surface area (Å²) in [6, 6.07) is -0.113. The van der Waals surface area contributed by atoms with E-state index in [2.05, 4.69) is 5.32 Å². The Hall–Kier alpha value is -0.160. The van der Waals surface area contributed by atoms with Crippen molar-refractivity contribution in [1.82, 2.24) is 5.32 Å². The number of aliphatic hydroxyl groups excluding tert-OH is 3. The molecule has 4 heteroatoms. The summed E-state index contributed by atoms with van der Waals surface area (Å²) in [5.74, 6) is -0.272. The van der Waals surface area contributed by atoms with Crippen LogP contribution in [0.4, 0.5) is 0 Å². The van der Waals surface area contributed by atoms with Crippen molar-refractivity contribution in [3.05, 3.63) is 0 Å². The quantitative estimate of drug-likeness (QED) is 0.399. The molecule has 5 atom stereocenters. The maximum Gasteiger partial charge on any atom is 0.0850 e. The van der Waals surface area contributed by atoms with Gasteiger partial charge in [0.2, 0.25) is 0 Å². The van der Waals surface area contributed by atoms with E-state index in [1.165, 1.54) is 0 Å². The Kier molecular flexibility index (Phi) is 3.06. The topological polar surface area (TPSA) is 72.7 Å². The molecular weight excluding hydrogens is 158 g/mol. The lowest BCUT2D eigenvalue weighted by Gasteiger charge is -2.39. The van der Waals surface area contributed by atoms with Gasteiger partial charge in [-0.25, -0.2) is 0 Å². The van der Waals surface area contributed by atoms with E-state index in [4.69, 9.17) is 0 Å². The fraction of sp³-hybridized carbons (Fsp3) is 1.00. The minimum atomic E-state index is -0.801. The van der Waals surface area contributed by atoms with E-state index in [0.717, 1.165) is 0 Å². The molecule has 4 nitrogen and oxygen atoms in total. The van der Waals surface area contributed by atoms with Crippen LogP contribution in [-0.4, -0.2) is 46.7 Å². The number of hydrogen-bond donors (Lipinski definition) is 4. The van der Waals surface area contributed by atoms with Gasteiger partial charge < -0.3 is 20.6 Å². The van der Waals surface area contributed by atoms with E-state index in [9.17, 15) is 15.3 Å². The average Bonchev–Trinajstić information content (AvgIpc) is 2.08. The van der Waals surface area contributed by atoms with E-state index < -0.39 is 18.3 Å². The Morgan fingerprint density at radius 3 is 2.25 bits per heavy atom. The highest BCUT2D eigenvalue weighted by molar-refractivity contribution is 4.93. The van der Waals surface area contributed by atoms with E-state index in [1.807, 2.05) is 0 Å². The fourth-order valence-corrected chi connectivity index (χ4v) is 1.75. The molecular formula is C8H17NO3. The van der Waals surface area contributed by atoms with Crippen molar-refractivity contribution in [1.29, 1.82) is 0 Å². The first-order valence-corrected chi connectivity index (χ1v) is 4.29. The number of nitrogens with one attached hydrogen (secondary N) is 1. The van der Waals surface area contributed by atoms with Crippen LogP contribution in [0.25, 0.3) is 0 Å². The Bertz CT molecular complexity index is 148. The zero-order chi connectivity index (χ0) is 9.30. The Morgan fingerprint density at radius 2 is 1.75 bits per heavy atom. The second-order valence-corrected chi connectivity index (χ2v) is 3.54. The van der Waals surface area contributed by atoms with Crippen molar-refractivity contribution >= 4 is 0 Å². The van der Waals surface area contributed by atoms with Crippen LogP contribution in [-0.2, 0) is 0 Å². The third-order valence-electron chi connectivity index (χ3n) is 2.75. The van der Waals surface area contributed by atoms with E-state index in [1.54, 1.807) is 14.0 Å². The summed E-state index contributed by atoms with van der Waals surface area (Å²) >= 11 is 0. The third-order valence-corrected chi connectivity index (χ3v) is 2.75. The molecule has 4 N–H and O–H groups in total. The zero-order valence-corrected chi connectivity index (χ0v) is 7.44. The molecule has 0 heterocycles. The molecule has 1 unspecified atom stereocenters. The van der Waals surface area contributed by atoms with Gasteiger partial charge in [0.05, 0.1) is 18.3 Å². The molecule has 12 heavy (non-hydrogen) atoms. The van der Waals surface area contributed by atoms with Gasteiger partial charge in [0, 0.05) is 12.0 Å². The van der Waals surface area contributed by atoms with Crippen LogP contribution in [0.2, 0.25) is 0 Å². The molecule has 0 aromatic carbocycles. The molecule has 0 aromatic rings. The first-order valence-electron chi connectivity index (χ1n) is 4.29. The Morgan fingerprint density at radius 1 is 1.17 bits per heavy atom. The predicted molar refractivity (Wildman–Crippen MR) is 44.6 cm³/mol. The van der Waals surface area contributed by atoms with Crippen molar-refractivity contribution in [3.63, 3.8) is 0 Å². The highest BCUT2D eigenvalue weighted by atomic mass is 16.3. The molecule has 0 saturated heterocycles. The van der Waals surface area contributed by atoms with Gasteiger partial charge in [0.1, 0.15) is 0 Å². The number of aliphatic hydroxyl groups is 3. The summed E-state index contributed by atoms with van der Waals surface area (Å²) in [5, 5.41) is 31.3. The first-order chi connectivity index (χ1) is 5.57. The SMILES string of the molecule is CN[C@H]1C[C@H](O)[C@@H](O)C(C)[C@@H]1O. The lowest BCUT2D eigenvalue weighted by molar-refractivity contribution is -0.102. The molecule has 0 amide bonds. The van der Waals surface area contributed by atoms with Gasteiger partial charge in [-0.15, -0.1) is 0 Å². The molecule has 1 aliphatic rings. The highest BCUT2D eigenvalue weighted by Crippen LogP contribution is 2.25. The third kappa shape index (κ3) is 1.61. The maximum absolute atomic E-state index is 9.59. The van der Waals surface area contributed by atoms with Gasteiger partial charge in [-0.2, -0.15) is 0 Å². The van der Waals surface area contributed by atoms with E-state index >= 15 is 0 Å². The molecule has 0 aromatic heterocycles. The van der Waals surface area contributed by atoms with Crippen molar-refractivity contribution in [2.24, 2.45) is 5.92 Å². The maximum atomic E-state index is 9.59. The normalized spacial score (nSPS) is 49.2. The van der Waals surface area contributed by atoms with Crippen molar-refractivity contribution in [2.45, 2.75) is 37.7 Å². The fourth-order valence-electron chi connectivity index (χ4n) is 1.75. The van der Waals surface area contributed by atoms with Crippen molar-refractivity contribution in [2.75, 3.05) is 7.05 Å². The number of hydrogen-bond acceptors (Lipinski definition) is 4. The number of likely N-dealkylation sites (N-methyl/N-ethyl adjacent to an activating group) is 1. The molecule has 72 valence electrons. The molecule has 1 fully saturated rings. The minimum absolute atomic E-state index is 0.113. The van der Waals surface area contributed by atoms with Crippen LogP contribution in [0, 0.1) is 5.92 Å². The molecule has 1 rings (SSSR count). The van der Waals surface area contributed by atoms with E-state index in [0.29, 0.717) is 6.42 Å². The monoisotopic (exact) mass is 175 g/mol. The summed E-state index contributed by atoms with van der Waals surface area (Å²) in [5.41, 5.74) is 0. The summed E-state index contributed by atoms with van der Waals surface area (Å²) in [4.78, 5) is 0. The second-order valence-electron chi connectivity index (χ2n) is 3.54. The lowest BCUT2D eigenvalue weighted by Crippen LogP contribution is -2.55. The Labute approximate surface area is 72.2 Å². The largest absolute Gasteiger partial charge is 0.391 e. The summed E-state index contributed by atoms with van der Waals surface area (Å²) in [7, 11) is 1.74. The minimum Gasteiger partial charge on any atom is -0.391 e. The summed E-state index contributed by atoms with van der Waals surface area (Å²) < 4.78 is 0. The molecule has 0 aliphatic heterocycles. The zero-order valence-electron chi connectivity index (χ0n) is 7.44. The smallest absolute Gasteiger partial charge is 0.0850 e. The van der Waals surface area contributed by atoms with Crippen LogP contribution in [0.5, 0.6) is 0 Å². The second kappa shape index (κ2) is 3.70. The summed E-state index contributed by atoms with van der Waals surface area (Å²) in [6.45, 7) is 1.74. The summed E-state index contributed by atoms with van der Waals surface area (Å²) in [6.07, 6.45) is -1.69. The standard InChI is InChI=1S/C8H17NO3/c1-4-7(11)5(9-2)3-6(10)8(4)12/h4-12H,3H2,1-2H3/t4?,5-,6-,7-,8-/m0/s1. The Balaban J connectivity index is 2.63. The predicted octanol–water partition coefficient (Wildman–Crippen LogP) is -1.30. The first kappa shape index (κ1) is 9.92. The van der Waals surface area contributed by atoms with Crippen LogP contribution < -0.4 is 5.32 Å². The van der Waals surface area contributed by atoms with Gasteiger partial charge in [-0.1, -0.05) is 6.92 Å². The van der Waals surface area contributed by atoms with E-state index in [-0.39, 0.29) is 12.0 Å². The van der Waals surface area contributed by atoms with Crippen molar-refractivity contribution in [3.8, 4) is 0 Å². The molecule has 0 radical (unpaired) electrons. The number of rotatable bonds is 1. The average molecular weight is 175 g/mol. The van der Waals surface area contributed by atoms with Crippen LogP contribution in [0.1, 0.15) is 13.3 Å². The van der Waals surface area contributed by atoms with Gasteiger partial charge in [-0.05, 0) is 13.5 Å². The molecule has 1 saturated carbocycles. The molecule has 1 aliphatic carbocycles. The van der Waals surface area contributed by atoms with Crippen LogP contribution >= 0.6 is 0 Å². The van der Waals surface area contributed by atoms with Gasteiger partial charge in [-0.3, -0.25) is 0 Å². The van der Waals surface area contributed by atoms with Gasteiger partial charge in [0.15, 0.2) is 0 Å². The van der Waals surface area contributed by atoms with Crippen LogP contribution in [0.3, 0.4) is 0 Å². The highest BCUT2D eigenvalue weighted by Gasteiger charge is 2.39. The van der Waals surface area contributed by atoms with Crippen molar-refractivity contribution < 1.29 is 15.3 Å².